The van der Waals surface area contributed by atoms with Crippen LogP contribution in [-0.4, -0.2) is 49.1 Å². The van der Waals surface area contributed by atoms with Crippen LogP contribution in [0.15, 0.2) is 46.9 Å². The lowest BCUT2D eigenvalue weighted by atomic mass is 9.96. The number of carbonyl (C=O) groups excluding carboxylic acids is 3. The standard InChI is InChI=1S/C25H27N3O6/c1-3-32-23(30)17-13-18(24(31)33-4-2)15-19(14-17)26-22(29)16-9-11-28(12-10-16)25-27-20-7-5-6-8-21(20)34-25/h5-8,13-16H,3-4,9-12H2,1-2H3,(H,26,29). The van der Waals surface area contributed by atoms with Crippen molar-refractivity contribution in [2.24, 2.45) is 5.92 Å². The molecule has 3 aromatic rings. The first-order valence-corrected chi connectivity index (χ1v) is 11.4. The van der Waals surface area contributed by atoms with Gasteiger partial charge in [0.2, 0.25) is 5.91 Å². The number of nitrogens with zero attached hydrogens (tertiary/aromatic N) is 2. The van der Waals surface area contributed by atoms with E-state index in [1.54, 1.807) is 13.8 Å². The number of anilines is 2. The third-order valence-electron chi connectivity index (χ3n) is 5.64. The number of benzene rings is 2. The molecule has 0 unspecified atom stereocenters. The van der Waals surface area contributed by atoms with E-state index < -0.39 is 11.9 Å². The first-order valence-electron chi connectivity index (χ1n) is 11.4. The predicted molar refractivity (Wildman–Crippen MR) is 126 cm³/mol. The van der Waals surface area contributed by atoms with Gasteiger partial charge in [-0.1, -0.05) is 12.1 Å². The molecule has 9 heteroatoms. The van der Waals surface area contributed by atoms with Crippen LogP contribution < -0.4 is 10.2 Å². The monoisotopic (exact) mass is 465 g/mol. The van der Waals surface area contributed by atoms with Crippen LogP contribution >= 0.6 is 0 Å². The molecule has 34 heavy (non-hydrogen) atoms. The van der Waals surface area contributed by atoms with Gasteiger partial charge >= 0.3 is 11.9 Å². The Bertz CT molecular complexity index is 1130. The van der Waals surface area contributed by atoms with Crippen LogP contribution in [0.25, 0.3) is 11.1 Å². The van der Waals surface area contributed by atoms with E-state index in [4.69, 9.17) is 13.9 Å². The van der Waals surface area contributed by atoms with Gasteiger partial charge in [-0.25, -0.2) is 9.59 Å². The number of fused-ring (bicyclic) bond motifs is 1. The Hall–Kier alpha value is -3.88. The van der Waals surface area contributed by atoms with Crippen molar-refractivity contribution in [1.82, 2.24) is 4.98 Å². The number of amides is 1. The van der Waals surface area contributed by atoms with Gasteiger partial charge in [0.1, 0.15) is 5.52 Å². The highest BCUT2D eigenvalue weighted by molar-refractivity contribution is 6.00. The van der Waals surface area contributed by atoms with E-state index in [-0.39, 0.29) is 36.2 Å². The molecule has 1 saturated heterocycles. The molecule has 1 aromatic heterocycles. The fourth-order valence-corrected chi connectivity index (χ4v) is 3.94. The number of ether oxygens (including phenoxy) is 2. The number of carbonyl (C=O) groups is 3. The van der Waals surface area contributed by atoms with E-state index in [0.717, 1.165) is 11.1 Å². The average Bonchev–Trinajstić information content (AvgIpc) is 3.28. The molecule has 4 rings (SSSR count). The summed E-state index contributed by atoms with van der Waals surface area (Å²) in [5, 5.41) is 2.85. The van der Waals surface area contributed by atoms with Crippen LogP contribution in [0.4, 0.5) is 11.7 Å². The summed E-state index contributed by atoms with van der Waals surface area (Å²) in [5.41, 5.74) is 2.23. The molecule has 178 valence electrons. The van der Waals surface area contributed by atoms with Gasteiger partial charge < -0.3 is 24.1 Å². The zero-order valence-electron chi connectivity index (χ0n) is 19.2. The third kappa shape index (κ3) is 5.19. The highest BCUT2D eigenvalue weighted by Crippen LogP contribution is 2.27. The molecule has 1 amide bonds. The summed E-state index contributed by atoms with van der Waals surface area (Å²) in [6.07, 6.45) is 1.24. The second kappa shape index (κ2) is 10.4. The van der Waals surface area contributed by atoms with Gasteiger partial charge in [0, 0.05) is 24.7 Å². The number of para-hydroxylation sites is 2. The van der Waals surface area contributed by atoms with Crippen LogP contribution in [0, 0.1) is 5.92 Å². The topological polar surface area (TPSA) is 111 Å². The third-order valence-corrected chi connectivity index (χ3v) is 5.64. The average molecular weight is 466 g/mol. The van der Waals surface area contributed by atoms with Gasteiger partial charge in [-0.15, -0.1) is 0 Å². The molecule has 0 saturated carbocycles. The van der Waals surface area contributed by atoms with Crippen LogP contribution in [0.3, 0.4) is 0 Å². The van der Waals surface area contributed by atoms with Crippen LogP contribution in [0.2, 0.25) is 0 Å². The van der Waals surface area contributed by atoms with Crippen LogP contribution in [0.1, 0.15) is 47.4 Å². The van der Waals surface area contributed by atoms with Gasteiger partial charge in [-0.3, -0.25) is 4.79 Å². The number of piperidine rings is 1. The summed E-state index contributed by atoms with van der Waals surface area (Å²) < 4.78 is 15.9. The Labute approximate surface area is 197 Å². The number of hydrogen-bond acceptors (Lipinski definition) is 8. The molecule has 0 atom stereocenters. The molecular weight excluding hydrogens is 438 g/mol. The number of hydrogen-bond donors (Lipinski definition) is 1. The Morgan fingerprint density at radius 3 is 2.21 bits per heavy atom. The van der Waals surface area contributed by atoms with E-state index in [1.807, 2.05) is 29.2 Å². The number of nitrogens with one attached hydrogen (secondary N) is 1. The van der Waals surface area contributed by atoms with E-state index in [9.17, 15) is 14.4 Å². The van der Waals surface area contributed by atoms with E-state index in [2.05, 4.69) is 10.3 Å². The van der Waals surface area contributed by atoms with Gasteiger partial charge in [0.15, 0.2) is 5.58 Å². The molecule has 0 bridgehead atoms. The van der Waals surface area contributed by atoms with Crippen molar-refractivity contribution in [3.05, 3.63) is 53.6 Å². The fourth-order valence-electron chi connectivity index (χ4n) is 3.94. The van der Waals surface area contributed by atoms with E-state index >= 15 is 0 Å². The molecule has 2 aromatic carbocycles. The second-order valence-corrected chi connectivity index (χ2v) is 7.95. The largest absolute Gasteiger partial charge is 0.462 e. The number of aromatic nitrogens is 1. The summed E-state index contributed by atoms with van der Waals surface area (Å²) in [7, 11) is 0. The van der Waals surface area contributed by atoms with Gasteiger partial charge in [-0.2, -0.15) is 4.98 Å². The predicted octanol–water partition coefficient (Wildman–Crippen LogP) is 4.04. The van der Waals surface area contributed by atoms with Gasteiger partial charge in [0.05, 0.1) is 24.3 Å². The molecule has 1 aliphatic heterocycles. The molecule has 2 heterocycles. The van der Waals surface area contributed by atoms with Crippen molar-refractivity contribution in [2.75, 3.05) is 36.5 Å². The maximum Gasteiger partial charge on any atom is 0.338 e. The Balaban J connectivity index is 1.43. The molecule has 0 aliphatic carbocycles. The highest BCUT2D eigenvalue weighted by Gasteiger charge is 2.28. The number of oxazole rings is 1. The smallest absolute Gasteiger partial charge is 0.338 e. The maximum absolute atomic E-state index is 13.0. The minimum absolute atomic E-state index is 0.173. The summed E-state index contributed by atoms with van der Waals surface area (Å²) in [5.74, 6) is -1.54. The van der Waals surface area contributed by atoms with Crippen LogP contribution in [-0.2, 0) is 14.3 Å². The molecule has 1 fully saturated rings. The molecule has 1 N–H and O–H groups in total. The summed E-state index contributed by atoms with van der Waals surface area (Å²) in [6, 6.07) is 12.6. The van der Waals surface area contributed by atoms with Crippen molar-refractivity contribution < 1.29 is 28.3 Å². The first-order chi connectivity index (χ1) is 16.5. The molecular formula is C25H27N3O6. The lowest BCUT2D eigenvalue weighted by molar-refractivity contribution is -0.120. The minimum atomic E-state index is -0.573. The fraction of sp³-hybridized carbons (Fsp3) is 0.360. The van der Waals surface area contributed by atoms with Crippen molar-refractivity contribution >= 4 is 40.6 Å². The SMILES string of the molecule is CCOC(=O)c1cc(NC(=O)C2CCN(c3nc4ccccc4o3)CC2)cc(C(=O)OCC)c1. The van der Waals surface area contributed by atoms with Crippen molar-refractivity contribution in [2.45, 2.75) is 26.7 Å². The maximum atomic E-state index is 13.0. The Kier molecular flexibility index (Phi) is 7.10. The van der Waals surface area contributed by atoms with Crippen LogP contribution in [0.5, 0.6) is 0 Å². The Morgan fingerprint density at radius 1 is 1.00 bits per heavy atom. The number of esters is 2. The van der Waals surface area contributed by atoms with Crippen molar-refractivity contribution in [3.63, 3.8) is 0 Å². The molecule has 0 radical (unpaired) electrons. The lowest BCUT2D eigenvalue weighted by Crippen LogP contribution is -2.38. The second-order valence-electron chi connectivity index (χ2n) is 7.95. The summed E-state index contributed by atoms with van der Waals surface area (Å²) in [6.45, 7) is 5.04. The normalized spacial score (nSPS) is 14.1. The van der Waals surface area contributed by atoms with Crippen molar-refractivity contribution in [1.29, 1.82) is 0 Å². The van der Waals surface area contributed by atoms with Gasteiger partial charge in [-0.05, 0) is 57.0 Å². The first kappa shape index (κ1) is 23.3. The zero-order valence-corrected chi connectivity index (χ0v) is 19.2. The van der Waals surface area contributed by atoms with E-state index in [1.165, 1.54) is 18.2 Å². The minimum Gasteiger partial charge on any atom is -0.462 e. The molecule has 9 nitrogen and oxygen atoms in total. The molecule has 0 spiro atoms. The summed E-state index contributed by atoms with van der Waals surface area (Å²) in [4.78, 5) is 44.0. The lowest BCUT2D eigenvalue weighted by Gasteiger charge is -2.30. The zero-order chi connectivity index (χ0) is 24.1. The highest BCUT2D eigenvalue weighted by atomic mass is 16.5. The quantitative estimate of drug-likeness (QED) is 0.521. The molecule has 1 aliphatic rings. The van der Waals surface area contributed by atoms with E-state index in [0.29, 0.717) is 37.6 Å². The summed E-state index contributed by atoms with van der Waals surface area (Å²) >= 11 is 0. The van der Waals surface area contributed by atoms with Crippen molar-refractivity contribution in [3.8, 4) is 0 Å². The van der Waals surface area contributed by atoms with Gasteiger partial charge in [0.25, 0.3) is 6.01 Å². The number of rotatable bonds is 7. The Morgan fingerprint density at radius 2 is 1.62 bits per heavy atom.